The summed E-state index contributed by atoms with van der Waals surface area (Å²) in [6.45, 7) is 0. The summed E-state index contributed by atoms with van der Waals surface area (Å²) in [7, 11) is 0. The molecule has 1 aromatic heterocycles. The zero-order chi connectivity index (χ0) is 22.2. The molecule has 0 atom stereocenters. The Bertz CT molecular complexity index is 1090. The first-order valence-electron chi connectivity index (χ1n) is 9.79. The van der Waals surface area contributed by atoms with E-state index >= 15 is 0 Å². The van der Waals surface area contributed by atoms with Gasteiger partial charge in [-0.15, -0.1) is 0 Å². The molecule has 31 heavy (non-hydrogen) atoms. The van der Waals surface area contributed by atoms with Crippen LogP contribution < -0.4 is 10.6 Å². The lowest BCUT2D eigenvalue weighted by Crippen LogP contribution is -2.40. The van der Waals surface area contributed by atoms with Crippen molar-refractivity contribution in [3.8, 4) is 0 Å². The van der Waals surface area contributed by atoms with Crippen molar-refractivity contribution in [2.45, 2.75) is 37.9 Å². The molecule has 1 heterocycles. The van der Waals surface area contributed by atoms with E-state index in [-0.39, 0.29) is 24.8 Å². The highest BCUT2D eigenvalue weighted by Crippen LogP contribution is 2.37. The topological polar surface area (TPSA) is 69.8 Å². The Kier molecular flexibility index (Phi) is 6.03. The van der Waals surface area contributed by atoms with Gasteiger partial charge in [0, 0.05) is 11.6 Å². The summed E-state index contributed by atoms with van der Waals surface area (Å²) in [5.74, 6) is -1.20. The minimum Gasteiger partial charge on any atom is -0.349 e. The van der Waals surface area contributed by atoms with Gasteiger partial charge in [-0.05, 0) is 56.0 Å². The third-order valence-corrected chi connectivity index (χ3v) is 6.11. The Hall–Kier alpha value is -2.45. The summed E-state index contributed by atoms with van der Waals surface area (Å²) < 4.78 is 38.4. The van der Waals surface area contributed by atoms with Crippen molar-refractivity contribution in [3.05, 3.63) is 52.0 Å². The number of carbonyl (C=O) groups excluding carboxylic acids is 1. The number of anilines is 2. The highest BCUT2D eigenvalue weighted by Gasteiger charge is 2.41. The number of nitrogens with one attached hydrogen (secondary N) is 3. The number of nitrogens with zero attached hydrogens (tertiary/aromatic N) is 1. The Morgan fingerprint density at radius 2 is 1.74 bits per heavy atom. The van der Waals surface area contributed by atoms with Crippen LogP contribution in [0, 0.1) is 5.92 Å². The van der Waals surface area contributed by atoms with E-state index in [0.29, 0.717) is 51.1 Å². The van der Waals surface area contributed by atoms with Crippen molar-refractivity contribution in [3.63, 3.8) is 0 Å². The predicted molar refractivity (Wildman–Crippen MR) is 115 cm³/mol. The van der Waals surface area contributed by atoms with Crippen molar-refractivity contribution in [2.75, 3.05) is 5.32 Å². The molecule has 4 rings (SSSR count). The molecule has 10 heteroatoms. The fourth-order valence-electron chi connectivity index (χ4n) is 3.78. The molecule has 0 saturated heterocycles. The van der Waals surface area contributed by atoms with Crippen molar-refractivity contribution in [1.82, 2.24) is 15.3 Å². The molecular weight excluding hydrogens is 452 g/mol. The number of aromatic nitrogens is 2. The van der Waals surface area contributed by atoms with Crippen LogP contribution in [0.15, 0.2) is 36.4 Å². The zero-order valence-electron chi connectivity index (χ0n) is 16.2. The van der Waals surface area contributed by atoms with E-state index in [1.165, 1.54) is 0 Å². The van der Waals surface area contributed by atoms with Gasteiger partial charge < -0.3 is 15.6 Å². The van der Waals surface area contributed by atoms with Gasteiger partial charge in [0.25, 0.3) is 5.91 Å². The molecule has 1 aliphatic carbocycles. The fraction of sp³-hybridized carbons (Fsp3) is 0.333. The molecule has 1 fully saturated rings. The summed E-state index contributed by atoms with van der Waals surface area (Å²) in [6, 6.07) is 9.85. The predicted octanol–water partition coefficient (Wildman–Crippen LogP) is 6.46. The first-order valence-corrected chi connectivity index (χ1v) is 10.5. The van der Waals surface area contributed by atoms with Crippen LogP contribution >= 0.6 is 23.2 Å². The van der Waals surface area contributed by atoms with Crippen LogP contribution in [0.5, 0.6) is 0 Å². The van der Waals surface area contributed by atoms with Gasteiger partial charge in [-0.3, -0.25) is 4.79 Å². The molecule has 2 aromatic carbocycles. The lowest BCUT2D eigenvalue weighted by molar-refractivity contribution is -0.182. The third kappa shape index (κ3) is 4.91. The first-order chi connectivity index (χ1) is 14.7. The second-order valence-corrected chi connectivity index (χ2v) is 8.42. The van der Waals surface area contributed by atoms with Crippen LogP contribution in [-0.4, -0.2) is 28.1 Å². The number of amides is 1. The van der Waals surface area contributed by atoms with E-state index in [1.807, 2.05) is 0 Å². The molecular formula is C21H19Cl2F3N4O. The number of benzene rings is 2. The maximum atomic E-state index is 12.8. The van der Waals surface area contributed by atoms with Crippen molar-refractivity contribution in [1.29, 1.82) is 0 Å². The molecule has 0 aliphatic heterocycles. The fourth-order valence-corrected chi connectivity index (χ4v) is 4.27. The van der Waals surface area contributed by atoms with E-state index in [4.69, 9.17) is 23.2 Å². The lowest BCUT2D eigenvalue weighted by Gasteiger charge is -2.30. The number of hydrogen-bond donors (Lipinski definition) is 3. The minimum atomic E-state index is -4.17. The largest absolute Gasteiger partial charge is 0.391 e. The molecule has 0 spiro atoms. The van der Waals surface area contributed by atoms with Gasteiger partial charge >= 0.3 is 6.18 Å². The SMILES string of the molecule is O=C(NC1CCC(C(F)(F)F)CC1)c1ccc2[nH]c(Nc3c(Cl)cccc3Cl)nc2c1. The maximum absolute atomic E-state index is 12.8. The summed E-state index contributed by atoms with van der Waals surface area (Å²) >= 11 is 12.3. The molecule has 3 N–H and O–H groups in total. The van der Waals surface area contributed by atoms with E-state index in [9.17, 15) is 18.0 Å². The van der Waals surface area contributed by atoms with E-state index < -0.39 is 12.1 Å². The zero-order valence-corrected chi connectivity index (χ0v) is 17.7. The van der Waals surface area contributed by atoms with Gasteiger partial charge in [-0.1, -0.05) is 29.3 Å². The van der Waals surface area contributed by atoms with Gasteiger partial charge in [-0.2, -0.15) is 13.2 Å². The number of fused-ring (bicyclic) bond motifs is 1. The lowest BCUT2D eigenvalue weighted by atomic mass is 9.85. The van der Waals surface area contributed by atoms with Crippen LogP contribution in [0.25, 0.3) is 11.0 Å². The van der Waals surface area contributed by atoms with Crippen LogP contribution in [0.4, 0.5) is 24.8 Å². The Balaban J connectivity index is 1.44. The van der Waals surface area contributed by atoms with Gasteiger partial charge in [-0.25, -0.2) is 4.98 Å². The number of alkyl halides is 3. The molecule has 0 unspecified atom stereocenters. The molecule has 164 valence electrons. The number of rotatable bonds is 4. The number of imidazole rings is 1. The molecule has 1 amide bonds. The van der Waals surface area contributed by atoms with Gasteiger partial charge in [0.2, 0.25) is 5.95 Å². The number of aromatic amines is 1. The number of para-hydroxylation sites is 1. The number of hydrogen-bond acceptors (Lipinski definition) is 3. The Morgan fingerprint density at radius 3 is 2.39 bits per heavy atom. The molecule has 1 aliphatic rings. The van der Waals surface area contributed by atoms with E-state index in [0.717, 1.165) is 0 Å². The molecule has 3 aromatic rings. The second-order valence-electron chi connectivity index (χ2n) is 7.60. The Morgan fingerprint density at radius 1 is 1.06 bits per heavy atom. The average Bonchev–Trinajstić information content (AvgIpc) is 3.12. The Labute approximate surface area is 186 Å². The normalized spacial score (nSPS) is 19.4. The first kappa shape index (κ1) is 21.8. The summed E-state index contributed by atoms with van der Waals surface area (Å²) in [5, 5.41) is 6.75. The molecule has 0 bridgehead atoms. The number of carbonyl (C=O) groups is 1. The molecule has 1 saturated carbocycles. The van der Waals surface area contributed by atoms with Crippen molar-refractivity contribution in [2.24, 2.45) is 5.92 Å². The van der Waals surface area contributed by atoms with Crippen LogP contribution in [0.2, 0.25) is 10.0 Å². The van der Waals surface area contributed by atoms with E-state index in [1.54, 1.807) is 36.4 Å². The quantitative estimate of drug-likeness (QED) is 0.409. The monoisotopic (exact) mass is 470 g/mol. The third-order valence-electron chi connectivity index (χ3n) is 5.48. The standard InChI is InChI=1S/C21H19Cl2F3N4O/c22-14-2-1-3-15(23)18(14)30-20-28-16-9-4-11(10-17(16)29-20)19(31)27-13-7-5-12(6-8-13)21(24,25)26/h1-4,9-10,12-13H,5-8H2,(H,27,31)(H2,28,29,30). The minimum absolute atomic E-state index is 0.0342. The van der Waals surface area contributed by atoms with Gasteiger partial charge in [0.05, 0.1) is 32.7 Å². The highest BCUT2D eigenvalue weighted by molar-refractivity contribution is 6.39. The van der Waals surface area contributed by atoms with Gasteiger partial charge in [0.1, 0.15) is 0 Å². The van der Waals surface area contributed by atoms with E-state index in [2.05, 4.69) is 20.6 Å². The van der Waals surface area contributed by atoms with Crippen molar-refractivity contribution < 1.29 is 18.0 Å². The average molecular weight is 471 g/mol. The summed E-state index contributed by atoms with van der Waals surface area (Å²) in [6.07, 6.45) is -3.47. The smallest absolute Gasteiger partial charge is 0.349 e. The van der Waals surface area contributed by atoms with Crippen molar-refractivity contribution >= 4 is 51.8 Å². The van der Waals surface area contributed by atoms with Crippen LogP contribution in [-0.2, 0) is 0 Å². The van der Waals surface area contributed by atoms with Crippen LogP contribution in [0.1, 0.15) is 36.0 Å². The maximum Gasteiger partial charge on any atom is 0.391 e. The molecule has 0 radical (unpaired) electrons. The summed E-state index contributed by atoms with van der Waals surface area (Å²) in [4.78, 5) is 20.1. The number of H-pyrrole nitrogens is 1. The molecule has 5 nitrogen and oxygen atoms in total. The number of halogens is 5. The van der Waals surface area contributed by atoms with Crippen LogP contribution in [0.3, 0.4) is 0 Å². The summed E-state index contributed by atoms with van der Waals surface area (Å²) in [5.41, 5.74) is 2.16. The highest BCUT2D eigenvalue weighted by atomic mass is 35.5. The van der Waals surface area contributed by atoms with Gasteiger partial charge in [0.15, 0.2) is 0 Å². The second kappa shape index (κ2) is 8.59.